The van der Waals surface area contributed by atoms with E-state index in [2.05, 4.69) is 5.32 Å². The van der Waals surface area contributed by atoms with E-state index in [0.29, 0.717) is 0 Å². The molecule has 0 bridgehead atoms. The molecule has 0 aromatic heterocycles. The summed E-state index contributed by atoms with van der Waals surface area (Å²) < 4.78 is 6.00. The lowest BCUT2D eigenvalue weighted by molar-refractivity contribution is -0.143. The van der Waals surface area contributed by atoms with Crippen LogP contribution in [0, 0.1) is 0 Å². The van der Waals surface area contributed by atoms with E-state index in [9.17, 15) is 4.79 Å². The van der Waals surface area contributed by atoms with E-state index in [-0.39, 0.29) is 5.91 Å². The standard InChI is InChI=1S/C16H19NO2/c1-4-9-14-13(5-2)17-15(18)16(3,19-14)12-10-7-6-8-11-12/h5-11H,4H2,1-3H3,(H,17,18). The Hall–Kier alpha value is -2.03. The van der Waals surface area contributed by atoms with Gasteiger partial charge in [0.2, 0.25) is 5.60 Å². The Morgan fingerprint density at radius 1 is 1.32 bits per heavy atom. The van der Waals surface area contributed by atoms with Crippen LogP contribution in [0.15, 0.2) is 53.9 Å². The summed E-state index contributed by atoms with van der Waals surface area (Å²) in [6.45, 7) is 5.72. The number of hydrogen-bond acceptors (Lipinski definition) is 2. The Bertz CT molecular complexity index is 531. The van der Waals surface area contributed by atoms with Gasteiger partial charge in [-0.2, -0.15) is 0 Å². The van der Waals surface area contributed by atoms with Crippen LogP contribution in [0.5, 0.6) is 0 Å². The van der Waals surface area contributed by atoms with E-state index < -0.39 is 5.60 Å². The number of carbonyl (C=O) groups is 1. The van der Waals surface area contributed by atoms with Gasteiger partial charge in [-0.1, -0.05) is 43.3 Å². The molecule has 0 aliphatic carbocycles. The fourth-order valence-corrected chi connectivity index (χ4v) is 2.12. The van der Waals surface area contributed by atoms with E-state index in [1.165, 1.54) is 0 Å². The lowest BCUT2D eigenvalue weighted by Gasteiger charge is -2.36. The van der Waals surface area contributed by atoms with Gasteiger partial charge < -0.3 is 10.1 Å². The zero-order valence-electron chi connectivity index (χ0n) is 11.6. The smallest absolute Gasteiger partial charge is 0.273 e. The van der Waals surface area contributed by atoms with Gasteiger partial charge in [-0.25, -0.2) is 0 Å². The number of amides is 1. The Morgan fingerprint density at radius 3 is 2.58 bits per heavy atom. The average molecular weight is 257 g/mol. The number of rotatable bonds is 2. The quantitative estimate of drug-likeness (QED) is 0.883. The van der Waals surface area contributed by atoms with Gasteiger partial charge in [0.15, 0.2) is 0 Å². The maximum absolute atomic E-state index is 12.3. The van der Waals surface area contributed by atoms with Crippen LogP contribution in [0.1, 0.15) is 32.8 Å². The Kier molecular flexibility index (Phi) is 3.74. The predicted molar refractivity (Wildman–Crippen MR) is 75.2 cm³/mol. The van der Waals surface area contributed by atoms with E-state index in [1.54, 1.807) is 6.92 Å². The van der Waals surface area contributed by atoms with Gasteiger partial charge in [-0.3, -0.25) is 4.79 Å². The highest BCUT2D eigenvalue weighted by atomic mass is 16.5. The molecule has 1 amide bonds. The van der Waals surface area contributed by atoms with Crippen molar-refractivity contribution in [2.45, 2.75) is 32.8 Å². The van der Waals surface area contributed by atoms with Crippen LogP contribution in [-0.4, -0.2) is 5.91 Å². The number of nitrogens with one attached hydrogen (secondary N) is 1. The first-order valence-electron chi connectivity index (χ1n) is 6.54. The summed E-state index contributed by atoms with van der Waals surface area (Å²) in [5, 5.41) is 2.92. The van der Waals surface area contributed by atoms with Crippen molar-refractivity contribution in [2.24, 2.45) is 0 Å². The molecule has 1 aliphatic rings. The monoisotopic (exact) mass is 257 g/mol. The van der Waals surface area contributed by atoms with Gasteiger partial charge in [0, 0.05) is 5.56 Å². The molecule has 1 aromatic rings. The molecule has 0 radical (unpaired) electrons. The molecule has 19 heavy (non-hydrogen) atoms. The van der Waals surface area contributed by atoms with Crippen molar-refractivity contribution >= 4 is 5.91 Å². The Labute approximate surface area is 114 Å². The minimum Gasteiger partial charge on any atom is -0.471 e. The molecule has 1 saturated heterocycles. The third-order valence-corrected chi connectivity index (χ3v) is 3.26. The van der Waals surface area contributed by atoms with Gasteiger partial charge in [-0.15, -0.1) is 0 Å². The first-order valence-corrected chi connectivity index (χ1v) is 6.54. The zero-order chi connectivity index (χ0) is 13.9. The summed E-state index contributed by atoms with van der Waals surface area (Å²) in [7, 11) is 0. The SMILES string of the molecule is CC=C1NC(=O)C(C)(c2ccccc2)OC1=CCC. The van der Waals surface area contributed by atoms with Crippen LogP contribution < -0.4 is 5.32 Å². The van der Waals surface area contributed by atoms with Crippen LogP contribution >= 0.6 is 0 Å². The third-order valence-electron chi connectivity index (χ3n) is 3.26. The molecule has 0 saturated carbocycles. The Morgan fingerprint density at radius 2 is 2.00 bits per heavy atom. The lowest BCUT2D eigenvalue weighted by atomic mass is 9.93. The van der Waals surface area contributed by atoms with Crippen molar-refractivity contribution in [3.8, 4) is 0 Å². The number of allylic oxidation sites excluding steroid dienone is 2. The highest BCUT2D eigenvalue weighted by molar-refractivity contribution is 5.89. The molecule has 0 spiro atoms. The van der Waals surface area contributed by atoms with Gasteiger partial charge in [0.05, 0.1) is 5.70 Å². The maximum Gasteiger partial charge on any atom is 0.273 e. The third kappa shape index (κ3) is 2.41. The van der Waals surface area contributed by atoms with Crippen LogP contribution in [0.3, 0.4) is 0 Å². The molecule has 1 aliphatic heterocycles. The molecule has 1 fully saturated rings. The van der Waals surface area contributed by atoms with Crippen molar-refractivity contribution in [2.75, 3.05) is 0 Å². The van der Waals surface area contributed by atoms with E-state index in [4.69, 9.17) is 4.74 Å². The Balaban J connectivity index is 2.43. The number of hydrogen-bond donors (Lipinski definition) is 1. The summed E-state index contributed by atoms with van der Waals surface area (Å²) in [4.78, 5) is 12.3. The molecule has 1 atom stereocenters. The first kappa shape index (κ1) is 13.4. The molecule has 1 aromatic carbocycles. The van der Waals surface area contributed by atoms with E-state index in [1.807, 2.05) is 56.3 Å². The lowest BCUT2D eigenvalue weighted by Crippen LogP contribution is -2.48. The maximum atomic E-state index is 12.3. The van der Waals surface area contributed by atoms with Crippen molar-refractivity contribution in [3.05, 3.63) is 59.5 Å². The summed E-state index contributed by atoms with van der Waals surface area (Å²) in [5.41, 5.74) is 0.610. The second-order valence-electron chi connectivity index (χ2n) is 4.63. The average Bonchev–Trinajstić information content (AvgIpc) is 2.44. The number of morpholine rings is 1. The molecular formula is C16H19NO2. The molecule has 1 N–H and O–H groups in total. The first-order chi connectivity index (χ1) is 9.11. The zero-order valence-corrected chi connectivity index (χ0v) is 11.6. The van der Waals surface area contributed by atoms with Gasteiger partial charge in [-0.05, 0) is 26.3 Å². The molecular weight excluding hydrogens is 238 g/mol. The fourth-order valence-electron chi connectivity index (χ4n) is 2.12. The van der Waals surface area contributed by atoms with Gasteiger partial charge in [0.25, 0.3) is 5.91 Å². The minimum absolute atomic E-state index is 0.139. The summed E-state index contributed by atoms with van der Waals surface area (Å²) in [6.07, 6.45) is 4.69. The normalized spacial score (nSPS) is 27.2. The minimum atomic E-state index is -0.977. The molecule has 1 unspecified atom stereocenters. The molecule has 1 heterocycles. The second-order valence-corrected chi connectivity index (χ2v) is 4.63. The molecule has 3 heteroatoms. The molecule has 100 valence electrons. The van der Waals surface area contributed by atoms with Crippen molar-refractivity contribution in [1.29, 1.82) is 0 Å². The highest BCUT2D eigenvalue weighted by Gasteiger charge is 2.42. The summed E-state index contributed by atoms with van der Waals surface area (Å²) in [6, 6.07) is 9.55. The van der Waals surface area contributed by atoms with Crippen molar-refractivity contribution < 1.29 is 9.53 Å². The number of benzene rings is 1. The summed E-state index contributed by atoms with van der Waals surface area (Å²) in [5.74, 6) is 0.594. The number of carbonyl (C=O) groups excluding carboxylic acids is 1. The molecule has 3 nitrogen and oxygen atoms in total. The molecule has 2 rings (SSSR count). The number of ether oxygens (including phenoxy) is 1. The largest absolute Gasteiger partial charge is 0.471 e. The predicted octanol–water partition coefficient (Wildman–Crippen LogP) is 3.25. The topological polar surface area (TPSA) is 38.3 Å². The fraction of sp³-hybridized carbons (Fsp3) is 0.312. The van der Waals surface area contributed by atoms with Gasteiger partial charge >= 0.3 is 0 Å². The van der Waals surface area contributed by atoms with Crippen LogP contribution in [-0.2, 0) is 15.1 Å². The van der Waals surface area contributed by atoms with E-state index >= 15 is 0 Å². The van der Waals surface area contributed by atoms with Crippen molar-refractivity contribution in [3.63, 3.8) is 0 Å². The van der Waals surface area contributed by atoms with E-state index in [0.717, 1.165) is 23.4 Å². The van der Waals surface area contributed by atoms with Crippen LogP contribution in [0.2, 0.25) is 0 Å². The van der Waals surface area contributed by atoms with Gasteiger partial charge in [0.1, 0.15) is 5.76 Å². The second kappa shape index (κ2) is 5.31. The van der Waals surface area contributed by atoms with Crippen LogP contribution in [0.25, 0.3) is 0 Å². The summed E-state index contributed by atoms with van der Waals surface area (Å²) >= 11 is 0. The van der Waals surface area contributed by atoms with Crippen LogP contribution in [0.4, 0.5) is 0 Å². The van der Waals surface area contributed by atoms with Crippen molar-refractivity contribution in [1.82, 2.24) is 5.32 Å². The highest BCUT2D eigenvalue weighted by Crippen LogP contribution is 2.34.